The van der Waals surface area contributed by atoms with Gasteiger partial charge in [-0.15, -0.1) is 0 Å². The molecule has 14 heavy (non-hydrogen) atoms. The van der Waals surface area contributed by atoms with E-state index in [-0.39, 0.29) is 11.2 Å². The number of aromatic nitrogens is 2. The normalized spacial score (nSPS) is 11.6. The van der Waals surface area contributed by atoms with E-state index in [1.54, 1.807) is 12.4 Å². The van der Waals surface area contributed by atoms with E-state index in [0.717, 1.165) is 5.69 Å². The maximum Gasteiger partial charge on any atom is 0.221 e. The highest BCUT2D eigenvalue weighted by Crippen LogP contribution is 1.96. The van der Waals surface area contributed by atoms with Crippen LogP contribution in [-0.4, -0.2) is 23.0 Å². The Morgan fingerprint density at radius 2 is 2.14 bits per heavy atom. The molecule has 5 nitrogen and oxygen atoms in total. The Bertz CT molecular complexity index is 390. The largest absolute Gasteiger partial charge is 0.258 e. The highest BCUT2D eigenvalue weighted by molar-refractivity contribution is 9.10. The molecule has 0 amide bonds. The molecule has 1 aromatic heterocycles. The molecular formula is C7H10BrN3O2S. The molecule has 78 valence electrons. The maximum atomic E-state index is 11.0. The van der Waals surface area contributed by atoms with Crippen molar-refractivity contribution >= 4 is 26.0 Å². The van der Waals surface area contributed by atoms with E-state index in [1.807, 2.05) is 6.92 Å². The molecule has 7 heteroatoms. The van der Waals surface area contributed by atoms with Crippen molar-refractivity contribution in [1.29, 1.82) is 0 Å². The lowest BCUT2D eigenvalue weighted by atomic mass is 10.4. The van der Waals surface area contributed by atoms with Gasteiger partial charge in [-0.1, -0.05) is 15.9 Å². The average molecular weight is 280 g/mol. The molecule has 0 spiro atoms. The number of rotatable bonds is 4. The van der Waals surface area contributed by atoms with Gasteiger partial charge < -0.3 is 0 Å². The number of hydrogen-bond donors (Lipinski definition) is 1. The van der Waals surface area contributed by atoms with Crippen LogP contribution in [0.25, 0.3) is 0 Å². The lowest BCUT2D eigenvalue weighted by molar-refractivity contribution is 0.585. The number of nitrogens with one attached hydrogen (secondary N) is 1. The van der Waals surface area contributed by atoms with Crippen LogP contribution in [0.3, 0.4) is 0 Å². The molecule has 0 radical (unpaired) electrons. The first-order chi connectivity index (χ1) is 6.53. The second-order valence-electron chi connectivity index (χ2n) is 2.69. The third-order valence-corrected chi connectivity index (χ3v) is 4.13. The Kier molecular flexibility index (Phi) is 3.97. The molecule has 0 aliphatic rings. The number of aryl methyl sites for hydroxylation is 1. The van der Waals surface area contributed by atoms with Gasteiger partial charge in [0.25, 0.3) is 0 Å². The minimum Gasteiger partial charge on any atom is -0.258 e. The summed E-state index contributed by atoms with van der Waals surface area (Å²) in [6.45, 7) is 1.99. The molecule has 1 rings (SSSR count). The van der Waals surface area contributed by atoms with Gasteiger partial charge in [0.1, 0.15) is 4.66 Å². The topological polar surface area (TPSA) is 72.0 Å². The second-order valence-corrected chi connectivity index (χ2v) is 5.80. The number of sulfonamides is 1. The third-order valence-electron chi connectivity index (χ3n) is 1.45. The molecule has 0 aliphatic carbocycles. The predicted octanol–water partition coefficient (Wildman–Crippen LogP) is 0.557. The van der Waals surface area contributed by atoms with Crippen molar-refractivity contribution in [2.45, 2.75) is 13.5 Å². The zero-order valence-electron chi connectivity index (χ0n) is 7.57. The summed E-state index contributed by atoms with van der Waals surface area (Å²) in [5, 5.41) is 0. The SMILES string of the molecule is Cc1cnc(CNS(=O)(=O)CBr)cn1. The maximum absolute atomic E-state index is 11.0. The Hall–Kier alpha value is -0.530. The van der Waals surface area contributed by atoms with Crippen LogP contribution in [-0.2, 0) is 16.6 Å². The van der Waals surface area contributed by atoms with Crippen molar-refractivity contribution in [3.63, 3.8) is 0 Å². The number of nitrogens with zero attached hydrogens (tertiary/aromatic N) is 2. The Balaban J connectivity index is 2.59. The molecule has 0 unspecified atom stereocenters. The summed E-state index contributed by atoms with van der Waals surface area (Å²) in [6.07, 6.45) is 3.14. The Labute approximate surface area is 91.1 Å². The summed E-state index contributed by atoms with van der Waals surface area (Å²) in [5.74, 6) is 0. The lowest BCUT2D eigenvalue weighted by Gasteiger charge is -2.02. The lowest BCUT2D eigenvalue weighted by Crippen LogP contribution is -2.24. The van der Waals surface area contributed by atoms with Crippen LogP contribution in [0, 0.1) is 6.92 Å². The number of halogens is 1. The molecule has 0 aromatic carbocycles. The highest BCUT2D eigenvalue weighted by Gasteiger charge is 2.07. The first-order valence-electron chi connectivity index (χ1n) is 3.84. The van der Waals surface area contributed by atoms with E-state index in [0.29, 0.717) is 5.69 Å². The zero-order valence-corrected chi connectivity index (χ0v) is 9.97. The van der Waals surface area contributed by atoms with Gasteiger partial charge in [-0.05, 0) is 6.92 Å². The average Bonchev–Trinajstić information content (AvgIpc) is 2.17. The molecule has 0 fully saturated rings. The van der Waals surface area contributed by atoms with E-state index >= 15 is 0 Å². The second kappa shape index (κ2) is 4.81. The van der Waals surface area contributed by atoms with E-state index in [9.17, 15) is 8.42 Å². The Morgan fingerprint density at radius 1 is 1.43 bits per heavy atom. The quantitative estimate of drug-likeness (QED) is 0.818. The monoisotopic (exact) mass is 279 g/mol. The van der Waals surface area contributed by atoms with E-state index < -0.39 is 10.0 Å². The van der Waals surface area contributed by atoms with Gasteiger partial charge in [0.05, 0.1) is 24.1 Å². The molecule has 0 saturated heterocycles. The molecular weight excluding hydrogens is 270 g/mol. The van der Waals surface area contributed by atoms with Crippen molar-refractivity contribution in [3.8, 4) is 0 Å². The summed E-state index contributed by atoms with van der Waals surface area (Å²) in [6, 6.07) is 0. The summed E-state index contributed by atoms with van der Waals surface area (Å²) >= 11 is 2.87. The Morgan fingerprint density at radius 3 is 2.64 bits per heavy atom. The first kappa shape index (κ1) is 11.5. The van der Waals surface area contributed by atoms with Crippen molar-refractivity contribution in [1.82, 2.24) is 14.7 Å². The van der Waals surface area contributed by atoms with Gasteiger partial charge in [-0.25, -0.2) is 13.1 Å². The van der Waals surface area contributed by atoms with Crippen molar-refractivity contribution < 1.29 is 8.42 Å². The minimum atomic E-state index is -3.23. The van der Waals surface area contributed by atoms with Gasteiger partial charge in [0, 0.05) is 6.20 Å². The minimum absolute atomic E-state index is 0.112. The molecule has 0 saturated carbocycles. The van der Waals surface area contributed by atoms with Gasteiger partial charge >= 0.3 is 0 Å². The van der Waals surface area contributed by atoms with Crippen LogP contribution >= 0.6 is 15.9 Å². The van der Waals surface area contributed by atoms with Gasteiger partial charge in [0.15, 0.2) is 0 Å². The highest BCUT2D eigenvalue weighted by atomic mass is 79.9. The first-order valence-corrected chi connectivity index (χ1v) is 6.62. The number of alkyl halides is 1. The fraction of sp³-hybridized carbons (Fsp3) is 0.429. The van der Waals surface area contributed by atoms with Crippen LogP contribution in [0.5, 0.6) is 0 Å². The molecule has 0 atom stereocenters. The van der Waals surface area contributed by atoms with Crippen molar-refractivity contribution in [2.75, 3.05) is 4.66 Å². The van der Waals surface area contributed by atoms with Crippen LogP contribution < -0.4 is 4.72 Å². The fourth-order valence-electron chi connectivity index (χ4n) is 0.733. The number of hydrogen-bond acceptors (Lipinski definition) is 4. The fourth-order valence-corrected chi connectivity index (χ4v) is 1.66. The van der Waals surface area contributed by atoms with E-state index in [2.05, 4.69) is 30.6 Å². The summed E-state index contributed by atoms with van der Waals surface area (Å²) in [5.41, 5.74) is 1.40. The smallest absolute Gasteiger partial charge is 0.221 e. The van der Waals surface area contributed by atoms with Crippen LogP contribution in [0.1, 0.15) is 11.4 Å². The summed E-state index contributed by atoms with van der Waals surface area (Å²) in [4.78, 5) is 8.01. The van der Waals surface area contributed by atoms with Gasteiger partial charge in [-0.3, -0.25) is 9.97 Å². The van der Waals surface area contributed by atoms with E-state index in [4.69, 9.17) is 0 Å². The van der Waals surface area contributed by atoms with Crippen molar-refractivity contribution in [2.24, 2.45) is 0 Å². The van der Waals surface area contributed by atoms with Crippen LogP contribution in [0.15, 0.2) is 12.4 Å². The van der Waals surface area contributed by atoms with Gasteiger partial charge in [0.2, 0.25) is 10.0 Å². The standard InChI is InChI=1S/C7H10BrN3O2S/c1-6-2-10-7(3-9-6)4-11-14(12,13)5-8/h2-3,11H,4-5H2,1H3. The third kappa shape index (κ3) is 3.69. The predicted molar refractivity (Wildman–Crippen MR) is 56.3 cm³/mol. The molecule has 0 bridgehead atoms. The molecule has 0 aliphatic heterocycles. The molecule has 1 N–H and O–H groups in total. The molecule has 1 heterocycles. The van der Waals surface area contributed by atoms with E-state index in [1.165, 1.54) is 0 Å². The van der Waals surface area contributed by atoms with Crippen molar-refractivity contribution in [3.05, 3.63) is 23.8 Å². The summed E-state index contributed by atoms with van der Waals surface area (Å²) in [7, 11) is -3.23. The van der Waals surface area contributed by atoms with Crippen LogP contribution in [0.2, 0.25) is 0 Å². The van der Waals surface area contributed by atoms with Gasteiger partial charge in [-0.2, -0.15) is 0 Å². The zero-order chi connectivity index (χ0) is 10.6. The molecule has 1 aromatic rings. The summed E-state index contributed by atoms with van der Waals surface area (Å²) < 4.78 is 24.3. The van der Waals surface area contributed by atoms with Crippen LogP contribution in [0.4, 0.5) is 0 Å².